The van der Waals surface area contributed by atoms with Gasteiger partial charge >= 0.3 is 0 Å². The van der Waals surface area contributed by atoms with Gasteiger partial charge in [0.05, 0.1) is 12.5 Å². The minimum atomic E-state index is -0.0372. The van der Waals surface area contributed by atoms with Crippen molar-refractivity contribution in [2.24, 2.45) is 0 Å². The number of nitrogens with one attached hydrogen (secondary N) is 1. The molecule has 0 unspecified atom stereocenters. The Balaban J connectivity index is 1.44. The predicted molar refractivity (Wildman–Crippen MR) is 95.8 cm³/mol. The maximum absolute atomic E-state index is 12.5. The molecule has 0 saturated carbocycles. The Morgan fingerprint density at radius 2 is 2.04 bits per heavy atom. The molecule has 2 amide bonds. The van der Waals surface area contributed by atoms with Gasteiger partial charge in [0.15, 0.2) is 0 Å². The van der Waals surface area contributed by atoms with Crippen molar-refractivity contribution >= 4 is 23.2 Å². The fraction of sp³-hybridized carbons (Fsp3) is 0.368. The first-order chi connectivity index (χ1) is 11.7. The molecular formula is C19H22N2O2S. The minimum Gasteiger partial charge on any atom is -0.355 e. The Hall–Kier alpha value is -2.14. The van der Waals surface area contributed by atoms with Gasteiger partial charge in [-0.15, -0.1) is 0 Å². The highest BCUT2D eigenvalue weighted by atomic mass is 32.1. The molecule has 2 heterocycles. The summed E-state index contributed by atoms with van der Waals surface area (Å²) in [7, 11) is 0. The number of carbonyl (C=O) groups is 2. The number of rotatable bonds is 6. The Morgan fingerprint density at radius 1 is 1.21 bits per heavy atom. The molecule has 3 rings (SSSR count). The highest BCUT2D eigenvalue weighted by Crippen LogP contribution is 2.33. The SMILES string of the molecule is O=C(Cc1ccccc1)NCCC(=O)N1CCC[C@@H]1c1ccsc1. The smallest absolute Gasteiger partial charge is 0.224 e. The molecule has 0 bridgehead atoms. The van der Waals surface area contributed by atoms with Gasteiger partial charge in [-0.05, 0) is 40.8 Å². The van der Waals surface area contributed by atoms with Gasteiger partial charge < -0.3 is 10.2 Å². The zero-order chi connectivity index (χ0) is 16.8. The van der Waals surface area contributed by atoms with Crippen LogP contribution >= 0.6 is 11.3 Å². The van der Waals surface area contributed by atoms with Crippen LogP contribution in [0.3, 0.4) is 0 Å². The second kappa shape index (κ2) is 8.11. The van der Waals surface area contributed by atoms with Gasteiger partial charge in [0, 0.05) is 19.5 Å². The Labute approximate surface area is 146 Å². The largest absolute Gasteiger partial charge is 0.355 e. The quantitative estimate of drug-likeness (QED) is 0.877. The molecule has 0 spiro atoms. The Kier molecular flexibility index (Phi) is 5.64. The van der Waals surface area contributed by atoms with Gasteiger partial charge in [-0.1, -0.05) is 30.3 Å². The number of nitrogens with zero attached hydrogens (tertiary/aromatic N) is 1. The molecule has 1 N–H and O–H groups in total. The molecule has 1 aliphatic heterocycles. The topological polar surface area (TPSA) is 49.4 Å². The normalized spacial score (nSPS) is 17.0. The third-order valence-corrected chi connectivity index (χ3v) is 5.07. The van der Waals surface area contributed by atoms with E-state index in [1.54, 1.807) is 11.3 Å². The van der Waals surface area contributed by atoms with E-state index in [0.717, 1.165) is 24.9 Å². The summed E-state index contributed by atoms with van der Waals surface area (Å²) in [6.07, 6.45) is 2.80. The lowest BCUT2D eigenvalue weighted by atomic mass is 10.1. The van der Waals surface area contributed by atoms with E-state index in [4.69, 9.17) is 0 Å². The van der Waals surface area contributed by atoms with E-state index < -0.39 is 0 Å². The van der Waals surface area contributed by atoms with E-state index in [0.29, 0.717) is 19.4 Å². The van der Waals surface area contributed by atoms with Crippen LogP contribution in [0.25, 0.3) is 0 Å². The summed E-state index contributed by atoms with van der Waals surface area (Å²) in [6.45, 7) is 1.22. The van der Waals surface area contributed by atoms with Crippen molar-refractivity contribution in [3.05, 3.63) is 58.3 Å². The highest BCUT2D eigenvalue weighted by molar-refractivity contribution is 7.07. The second-order valence-corrected chi connectivity index (χ2v) is 6.84. The van der Waals surface area contributed by atoms with Crippen molar-refractivity contribution in [1.82, 2.24) is 10.2 Å². The van der Waals surface area contributed by atoms with E-state index in [2.05, 4.69) is 22.1 Å². The molecular weight excluding hydrogens is 320 g/mol. The van der Waals surface area contributed by atoms with Crippen LogP contribution in [-0.2, 0) is 16.0 Å². The summed E-state index contributed by atoms with van der Waals surface area (Å²) < 4.78 is 0. The lowest BCUT2D eigenvalue weighted by Crippen LogP contribution is -2.34. The molecule has 5 heteroatoms. The average molecular weight is 342 g/mol. The van der Waals surface area contributed by atoms with Crippen molar-refractivity contribution < 1.29 is 9.59 Å². The average Bonchev–Trinajstić information content (AvgIpc) is 3.26. The minimum absolute atomic E-state index is 0.0372. The van der Waals surface area contributed by atoms with Crippen LogP contribution in [0.5, 0.6) is 0 Å². The summed E-state index contributed by atoms with van der Waals surface area (Å²) in [5.41, 5.74) is 2.22. The summed E-state index contributed by atoms with van der Waals surface area (Å²) in [6, 6.07) is 11.9. The molecule has 0 aliphatic carbocycles. The van der Waals surface area contributed by atoms with Gasteiger partial charge in [0.25, 0.3) is 0 Å². The van der Waals surface area contributed by atoms with Crippen molar-refractivity contribution in [2.45, 2.75) is 31.7 Å². The van der Waals surface area contributed by atoms with E-state index in [1.807, 2.05) is 35.2 Å². The van der Waals surface area contributed by atoms with E-state index >= 15 is 0 Å². The molecule has 1 fully saturated rings. The molecule has 1 atom stereocenters. The molecule has 1 aromatic heterocycles. The van der Waals surface area contributed by atoms with Crippen molar-refractivity contribution in [3.63, 3.8) is 0 Å². The van der Waals surface area contributed by atoms with Crippen LogP contribution < -0.4 is 5.32 Å². The fourth-order valence-electron chi connectivity index (χ4n) is 3.17. The molecule has 2 aromatic rings. The van der Waals surface area contributed by atoms with Crippen molar-refractivity contribution in [1.29, 1.82) is 0 Å². The number of hydrogen-bond donors (Lipinski definition) is 1. The van der Waals surface area contributed by atoms with E-state index in [-0.39, 0.29) is 17.9 Å². The van der Waals surface area contributed by atoms with Crippen molar-refractivity contribution in [3.8, 4) is 0 Å². The lowest BCUT2D eigenvalue weighted by Gasteiger charge is -2.24. The third kappa shape index (κ3) is 4.23. The zero-order valence-corrected chi connectivity index (χ0v) is 14.4. The van der Waals surface area contributed by atoms with E-state index in [1.165, 1.54) is 5.56 Å². The van der Waals surface area contributed by atoms with Gasteiger partial charge in [-0.25, -0.2) is 0 Å². The van der Waals surface area contributed by atoms with Crippen LogP contribution in [0.1, 0.15) is 36.4 Å². The van der Waals surface area contributed by atoms with Crippen LogP contribution in [0.15, 0.2) is 47.2 Å². The highest BCUT2D eigenvalue weighted by Gasteiger charge is 2.29. The molecule has 4 nitrogen and oxygen atoms in total. The number of carbonyl (C=O) groups excluding carboxylic acids is 2. The standard InChI is InChI=1S/C19H22N2O2S/c22-18(13-15-5-2-1-3-6-15)20-10-8-19(23)21-11-4-7-17(21)16-9-12-24-14-16/h1-3,5-6,9,12,14,17H,4,7-8,10-11,13H2,(H,20,22)/t17-/m1/s1. The second-order valence-electron chi connectivity index (χ2n) is 6.06. The Morgan fingerprint density at radius 3 is 2.79 bits per heavy atom. The first kappa shape index (κ1) is 16.7. The summed E-state index contributed by atoms with van der Waals surface area (Å²) in [5, 5.41) is 7.03. The number of benzene rings is 1. The zero-order valence-electron chi connectivity index (χ0n) is 13.6. The monoisotopic (exact) mass is 342 g/mol. The fourth-order valence-corrected chi connectivity index (χ4v) is 3.88. The first-order valence-electron chi connectivity index (χ1n) is 8.36. The number of amides is 2. The molecule has 1 saturated heterocycles. The molecule has 126 valence electrons. The Bertz CT molecular complexity index is 670. The molecule has 1 aliphatic rings. The van der Waals surface area contributed by atoms with Gasteiger partial charge in [-0.3, -0.25) is 9.59 Å². The van der Waals surface area contributed by atoms with Crippen LogP contribution in [0.4, 0.5) is 0 Å². The molecule has 24 heavy (non-hydrogen) atoms. The summed E-state index contributed by atoms with van der Waals surface area (Å²) in [5.74, 6) is 0.0912. The lowest BCUT2D eigenvalue weighted by molar-refractivity contribution is -0.132. The summed E-state index contributed by atoms with van der Waals surface area (Å²) >= 11 is 1.67. The maximum Gasteiger partial charge on any atom is 0.224 e. The van der Waals surface area contributed by atoms with Crippen LogP contribution in [0.2, 0.25) is 0 Å². The van der Waals surface area contributed by atoms with Crippen LogP contribution in [-0.4, -0.2) is 29.8 Å². The molecule has 1 aromatic carbocycles. The van der Waals surface area contributed by atoms with Gasteiger partial charge in [-0.2, -0.15) is 11.3 Å². The van der Waals surface area contributed by atoms with Gasteiger partial charge in [0.1, 0.15) is 0 Å². The number of thiophene rings is 1. The van der Waals surface area contributed by atoms with Gasteiger partial charge in [0.2, 0.25) is 11.8 Å². The maximum atomic E-state index is 12.5. The third-order valence-electron chi connectivity index (χ3n) is 4.37. The van der Waals surface area contributed by atoms with E-state index in [9.17, 15) is 9.59 Å². The van der Waals surface area contributed by atoms with Crippen molar-refractivity contribution in [2.75, 3.05) is 13.1 Å². The number of likely N-dealkylation sites (tertiary alicyclic amines) is 1. The first-order valence-corrected chi connectivity index (χ1v) is 9.30. The summed E-state index contributed by atoms with van der Waals surface area (Å²) in [4.78, 5) is 26.4. The van der Waals surface area contributed by atoms with Crippen LogP contribution in [0, 0.1) is 0 Å². The predicted octanol–water partition coefficient (Wildman–Crippen LogP) is 3.16. The molecule has 0 radical (unpaired) electrons. The number of hydrogen-bond acceptors (Lipinski definition) is 3.